The minimum absolute atomic E-state index is 0.00223. The van der Waals surface area contributed by atoms with E-state index in [0.29, 0.717) is 5.89 Å². The standard InChI is InChI=1S/C17H16N4O4S/c1-12-7-9-14(10-8-12)26(23,24)21-17(22)18-11-15-19-20-16(25-15)13-5-3-2-4-6-13/h2-10H,11H2,1H3,(H2,18,21,22). The summed E-state index contributed by atoms with van der Waals surface area (Å²) in [4.78, 5) is 11.9. The zero-order chi connectivity index (χ0) is 18.6. The Bertz CT molecular complexity index is 999. The maximum absolute atomic E-state index is 12.1. The predicted molar refractivity (Wildman–Crippen MR) is 93.5 cm³/mol. The van der Waals surface area contributed by atoms with Crippen LogP contribution in [0.2, 0.25) is 0 Å². The van der Waals surface area contributed by atoms with Crippen molar-refractivity contribution in [3.63, 3.8) is 0 Å². The summed E-state index contributed by atoms with van der Waals surface area (Å²) in [6.07, 6.45) is 0. The van der Waals surface area contributed by atoms with Gasteiger partial charge in [-0.25, -0.2) is 17.9 Å². The topological polar surface area (TPSA) is 114 Å². The molecule has 0 bridgehead atoms. The Balaban J connectivity index is 1.59. The Labute approximate surface area is 150 Å². The highest BCUT2D eigenvalue weighted by Crippen LogP contribution is 2.16. The summed E-state index contributed by atoms with van der Waals surface area (Å²) >= 11 is 0. The number of rotatable bonds is 5. The Hall–Kier alpha value is -3.20. The molecule has 0 aliphatic carbocycles. The lowest BCUT2D eigenvalue weighted by atomic mass is 10.2. The number of nitrogens with zero attached hydrogens (tertiary/aromatic N) is 2. The van der Waals surface area contributed by atoms with Crippen LogP contribution in [0, 0.1) is 6.92 Å². The van der Waals surface area contributed by atoms with Crippen LogP contribution in [0.25, 0.3) is 11.5 Å². The van der Waals surface area contributed by atoms with Crippen LogP contribution in [0.5, 0.6) is 0 Å². The van der Waals surface area contributed by atoms with Crippen LogP contribution in [0.1, 0.15) is 11.5 Å². The van der Waals surface area contributed by atoms with Gasteiger partial charge in [0.05, 0.1) is 11.4 Å². The summed E-state index contributed by atoms with van der Waals surface area (Å²) in [6.45, 7) is 1.74. The third-order valence-corrected chi connectivity index (χ3v) is 4.79. The first-order chi connectivity index (χ1) is 12.4. The Morgan fingerprint density at radius 3 is 2.42 bits per heavy atom. The number of hydrogen-bond acceptors (Lipinski definition) is 6. The SMILES string of the molecule is Cc1ccc(S(=O)(=O)NC(=O)NCc2nnc(-c3ccccc3)o2)cc1. The lowest BCUT2D eigenvalue weighted by Crippen LogP contribution is -2.39. The van der Waals surface area contributed by atoms with Crippen molar-refractivity contribution < 1.29 is 17.6 Å². The van der Waals surface area contributed by atoms with Crippen LogP contribution < -0.4 is 10.0 Å². The molecule has 0 unspecified atom stereocenters. The van der Waals surface area contributed by atoms with Gasteiger partial charge in [0.25, 0.3) is 10.0 Å². The average molecular weight is 372 g/mol. The molecule has 2 amide bonds. The van der Waals surface area contributed by atoms with Gasteiger partial charge in [0.2, 0.25) is 11.8 Å². The molecule has 0 aliphatic heterocycles. The van der Waals surface area contributed by atoms with Crippen molar-refractivity contribution in [1.29, 1.82) is 0 Å². The van der Waals surface area contributed by atoms with Crippen molar-refractivity contribution >= 4 is 16.1 Å². The number of urea groups is 1. The van der Waals surface area contributed by atoms with Gasteiger partial charge in [-0.1, -0.05) is 35.9 Å². The molecule has 26 heavy (non-hydrogen) atoms. The molecule has 1 heterocycles. The van der Waals surface area contributed by atoms with Gasteiger partial charge >= 0.3 is 6.03 Å². The number of carbonyl (C=O) groups is 1. The summed E-state index contributed by atoms with van der Waals surface area (Å²) in [7, 11) is -3.95. The van der Waals surface area contributed by atoms with E-state index < -0.39 is 16.1 Å². The molecule has 3 aromatic rings. The highest BCUT2D eigenvalue weighted by Gasteiger charge is 2.18. The summed E-state index contributed by atoms with van der Waals surface area (Å²) in [6, 6.07) is 14.4. The van der Waals surface area contributed by atoms with Crippen LogP contribution in [-0.2, 0) is 16.6 Å². The molecule has 0 spiro atoms. The van der Waals surface area contributed by atoms with Gasteiger partial charge in [-0.05, 0) is 31.2 Å². The lowest BCUT2D eigenvalue weighted by Gasteiger charge is -2.07. The average Bonchev–Trinajstić information content (AvgIpc) is 3.10. The molecule has 0 saturated heterocycles. The van der Waals surface area contributed by atoms with Crippen LogP contribution >= 0.6 is 0 Å². The normalized spacial score (nSPS) is 11.1. The number of carbonyl (C=O) groups excluding carboxylic acids is 1. The van der Waals surface area contributed by atoms with E-state index in [2.05, 4.69) is 15.5 Å². The smallest absolute Gasteiger partial charge is 0.329 e. The van der Waals surface area contributed by atoms with Gasteiger partial charge in [0, 0.05) is 5.56 Å². The van der Waals surface area contributed by atoms with E-state index in [1.54, 1.807) is 12.1 Å². The van der Waals surface area contributed by atoms with Crippen molar-refractivity contribution in [3.05, 3.63) is 66.1 Å². The number of sulfonamides is 1. The van der Waals surface area contributed by atoms with Crippen molar-refractivity contribution in [2.75, 3.05) is 0 Å². The molecule has 0 fully saturated rings. The first-order valence-corrected chi connectivity index (χ1v) is 9.17. The minimum Gasteiger partial charge on any atom is -0.419 e. The molecule has 9 heteroatoms. The molecule has 3 rings (SSSR count). The van der Waals surface area contributed by atoms with Crippen molar-refractivity contribution in [2.45, 2.75) is 18.4 Å². The summed E-state index contributed by atoms with van der Waals surface area (Å²) in [5.41, 5.74) is 1.66. The van der Waals surface area contributed by atoms with E-state index in [0.717, 1.165) is 11.1 Å². The predicted octanol–water partition coefficient (Wildman–Crippen LogP) is 2.23. The maximum atomic E-state index is 12.1. The van der Waals surface area contributed by atoms with Gasteiger partial charge < -0.3 is 9.73 Å². The second-order valence-electron chi connectivity index (χ2n) is 5.47. The Morgan fingerprint density at radius 1 is 1.04 bits per heavy atom. The highest BCUT2D eigenvalue weighted by atomic mass is 32.2. The number of hydrogen-bond donors (Lipinski definition) is 2. The van der Waals surface area contributed by atoms with Gasteiger partial charge in [-0.15, -0.1) is 10.2 Å². The monoisotopic (exact) mass is 372 g/mol. The molecule has 2 N–H and O–H groups in total. The fourth-order valence-corrected chi connectivity index (χ4v) is 3.04. The molecule has 0 saturated carbocycles. The van der Waals surface area contributed by atoms with Gasteiger partial charge in [-0.3, -0.25) is 0 Å². The summed E-state index contributed by atoms with van der Waals surface area (Å²) in [5, 5.41) is 10.1. The molecule has 0 atom stereocenters. The molecule has 8 nitrogen and oxygen atoms in total. The quantitative estimate of drug-likeness (QED) is 0.710. The van der Waals surface area contributed by atoms with E-state index in [1.165, 1.54) is 12.1 Å². The third-order valence-electron chi connectivity index (χ3n) is 3.45. The van der Waals surface area contributed by atoms with Gasteiger partial charge in [-0.2, -0.15) is 0 Å². The fraction of sp³-hybridized carbons (Fsp3) is 0.118. The first-order valence-electron chi connectivity index (χ1n) is 7.69. The highest BCUT2D eigenvalue weighted by molar-refractivity contribution is 7.90. The number of benzene rings is 2. The Morgan fingerprint density at radius 2 is 1.73 bits per heavy atom. The molecular weight excluding hydrogens is 356 g/mol. The lowest BCUT2D eigenvalue weighted by molar-refractivity contribution is 0.244. The van der Waals surface area contributed by atoms with E-state index in [9.17, 15) is 13.2 Å². The molecule has 0 aliphatic rings. The number of aromatic nitrogens is 2. The third kappa shape index (κ3) is 4.25. The van der Waals surface area contributed by atoms with E-state index in [-0.39, 0.29) is 17.3 Å². The van der Waals surface area contributed by atoms with Gasteiger partial charge in [0.15, 0.2) is 0 Å². The molecule has 1 aromatic heterocycles. The Kier molecular flexibility index (Phi) is 4.99. The van der Waals surface area contributed by atoms with Crippen LogP contribution in [-0.4, -0.2) is 24.6 Å². The second-order valence-corrected chi connectivity index (χ2v) is 7.15. The number of nitrogens with one attached hydrogen (secondary N) is 2. The second kappa shape index (κ2) is 7.36. The molecule has 0 radical (unpaired) electrons. The van der Waals surface area contributed by atoms with Crippen LogP contribution in [0.4, 0.5) is 4.79 Å². The van der Waals surface area contributed by atoms with Crippen LogP contribution in [0.15, 0.2) is 63.9 Å². The van der Waals surface area contributed by atoms with Crippen molar-refractivity contribution in [2.24, 2.45) is 0 Å². The van der Waals surface area contributed by atoms with Crippen molar-refractivity contribution in [1.82, 2.24) is 20.2 Å². The van der Waals surface area contributed by atoms with Gasteiger partial charge in [0.1, 0.15) is 0 Å². The first kappa shape index (κ1) is 17.6. The zero-order valence-corrected chi connectivity index (χ0v) is 14.7. The summed E-state index contributed by atoms with van der Waals surface area (Å²) in [5.74, 6) is 0.474. The fourth-order valence-electron chi connectivity index (χ4n) is 2.11. The molecular formula is C17H16N4O4S. The number of aryl methyl sites for hydroxylation is 1. The maximum Gasteiger partial charge on any atom is 0.329 e. The molecule has 2 aromatic carbocycles. The van der Waals surface area contributed by atoms with E-state index in [1.807, 2.05) is 42.0 Å². The zero-order valence-electron chi connectivity index (χ0n) is 13.8. The largest absolute Gasteiger partial charge is 0.419 e. The number of amides is 2. The van der Waals surface area contributed by atoms with Crippen molar-refractivity contribution in [3.8, 4) is 11.5 Å². The minimum atomic E-state index is -3.95. The summed E-state index contributed by atoms with van der Waals surface area (Å²) < 4.78 is 31.6. The van der Waals surface area contributed by atoms with Crippen LogP contribution in [0.3, 0.4) is 0 Å². The van der Waals surface area contributed by atoms with E-state index in [4.69, 9.17) is 4.42 Å². The molecule has 134 valence electrons. The van der Waals surface area contributed by atoms with E-state index >= 15 is 0 Å².